The van der Waals surface area contributed by atoms with Gasteiger partial charge in [0.2, 0.25) is 0 Å². The van der Waals surface area contributed by atoms with E-state index in [0.717, 1.165) is 16.7 Å². The second-order valence-corrected chi connectivity index (χ2v) is 8.04. The van der Waals surface area contributed by atoms with Gasteiger partial charge in [-0.15, -0.1) is 5.10 Å². The summed E-state index contributed by atoms with van der Waals surface area (Å²) in [6.45, 7) is 0. The summed E-state index contributed by atoms with van der Waals surface area (Å²) in [6, 6.07) is 20.2. The number of aliphatic carboxylic acids is 1. The molecule has 0 fully saturated rings. The number of aromatic amines is 1. The van der Waals surface area contributed by atoms with Gasteiger partial charge in [-0.25, -0.2) is 4.79 Å². The molecule has 1 amide bonds. The maximum atomic E-state index is 12.9. The maximum Gasteiger partial charge on any atom is 0.332 e. The fourth-order valence-corrected chi connectivity index (χ4v) is 3.92. The number of fused-ring (bicyclic) bond motifs is 1. The van der Waals surface area contributed by atoms with E-state index in [1.54, 1.807) is 12.1 Å². The van der Waals surface area contributed by atoms with E-state index < -0.39 is 24.0 Å². The number of amides is 1. The molecule has 33 heavy (non-hydrogen) atoms. The molecule has 1 aromatic heterocycles. The van der Waals surface area contributed by atoms with Gasteiger partial charge in [0, 0.05) is 12.5 Å². The molecular weight excluding hydrogens is 444 g/mol. The van der Waals surface area contributed by atoms with Crippen LogP contribution in [-0.2, 0) is 11.2 Å². The third kappa shape index (κ3) is 5.19. The molecule has 0 aliphatic rings. The monoisotopic (exact) mass is 464 g/mol. The van der Waals surface area contributed by atoms with E-state index in [1.165, 1.54) is 0 Å². The zero-order valence-electron chi connectivity index (χ0n) is 17.4. The highest BCUT2D eigenvalue weighted by Gasteiger charge is 2.24. The summed E-state index contributed by atoms with van der Waals surface area (Å²) in [5, 5.41) is 32.3. The van der Waals surface area contributed by atoms with Gasteiger partial charge in [-0.3, -0.25) is 9.89 Å². The lowest BCUT2D eigenvalue weighted by atomic mass is 9.97. The Labute approximate surface area is 194 Å². The van der Waals surface area contributed by atoms with Crippen LogP contribution in [0.15, 0.2) is 66.7 Å². The minimum absolute atomic E-state index is 0.142. The molecule has 0 aliphatic carbocycles. The van der Waals surface area contributed by atoms with Crippen LogP contribution in [0.1, 0.15) is 22.3 Å². The van der Waals surface area contributed by atoms with E-state index in [4.69, 9.17) is 16.7 Å². The molecular formula is C24H21ClN4O4. The molecule has 0 saturated heterocycles. The van der Waals surface area contributed by atoms with E-state index >= 15 is 0 Å². The summed E-state index contributed by atoms with van der Waals surface area (Å²) in [4.78, 5) is 24.2. The smallest absolute Gasteiger partial charge is 0.332 e. The van der Waals surface area contributed by atoms with E-state index in [1.807, 2.05) is 54.6 Å². The van der Waals surface area contributed by atoms with Crippen LogP contribution in [0.3, 0.4) is 0 Å². The van der Waals surface area contributed by atoms with Crippen molar-refractivity contribution in [2.24, 2.45) is 0 Å². The van der Waals surface area contributed by atoms with Gasteiger partial charge in [0.1, 0.15) is 5.52 Å². The predicted molar refractivity (Wildman–Crippen MR) is 124 cm³/mol. The highest BCUT2D eigenvalue weighted by Crippen LogP contribution is 2.25. The third-order valence-electron chi connectivity index (χ3n) is 5.35. The quantitative estimate of drug-likeness (QED) is 0.316. The molecule has 4 rings (SSSR count). The Kier molecular flexibility index (Phi) is 6.67. The zero-order chi connectivity index (χ0) is 23.4. The van der Waals surface area contributed by atoms with Crippen LogP contribution >= 0.6 is 11.6 Å². The summed E-state index contributed by atoms with van der Waals surface area (Å²) in [6.07, 6.45) is -1.45. The Bertz CT molecular complexity index is 1270. The van der Waals surface area contributed by atoms with Crippen LogP contribution in [0.2, 0.25) is 5.02 Å². The molecule has 4 aromatic rings. The normalized spacial score (nSPS) is 12.9. The first kappa shape index (κ1) is 22.4. The second kappa shape index (κ2) is 9.81. The number of hydrogen-bond donors (Lipinski definition) is 4. The minimum Gasteiger partial charge on any atom is -0.479 e. The fourth-order valence-electron chi connectivity index (χ4n) is 3.63. The van der Waals surface area contributed by atoms with Gasteiger partial charge in [-0.05, 0) is 35.2 Å². The van der Waals surface area contributed by atoms with Crippen LogP contribution < -0.4 is 5.32 Å². The van der Waals surface area contributed by atoms with Crippen LogP contribution in [0.25, 0.3) is 22.2 Å². The molecule has 3 aromatic carbocycles. The SMILES string of the molecule is O=C(NC(Cc1ccc(-c2ccccc2)cc1)C[C@@H](O)C(=O)O)c1ccc2[nH]nnc2c1Cl. The number of carboxylic acids is 1. The van der Waals surface area contributed by atoms with Crippen LogP contribution in [0, 0.1) is 0 Å². The summed E-state index contributed by atoms with van der Waals surface area (Å²) in [7, 11) is 0. The van der Waals surface area contributed by atoms with E-state index in [0.29, 0.717) is 17.5 Å². The highest BCUT2D eigenvalue weighted by molar-refractivity contribution is 6.38. The number of benzene rings is 3. The zero-order valence-corrected chi connectivity index (χ0v) is 18.2. The third-order valence-corrected chi connectivity index (χ3v) is 5.74. The largest absolute Gasteiger partial charge is 0.479 e. The number of H-pyrrole nitrogens is 1. The second-order valence-electron chi connectivity index (χ2n) is 7.66. The lowest BCUT2D eigenvalue weighted by Gasteiger charge is -2.21. The average molecular weight is 465 g/mol. The van der Waals surface area contributed by atoms with Gasteiger partial charge < -0.3 is 15.5 Å². The fraction of sp³-hybridized carbons (Fsp3) is 0.167. The van der Waals surface area contributed by atoms with E-state index in [-0.39, 0.29) is 17.0 Å². The van der Waals surface area contributed by atoms with Crippen molar-refractivity contribution in [1.82, 2.24) is 20.7 Å². The van der Waals surface area contributed by atoms with Crippen molar-refractivity contribution in [2.75, 3.05) is 0 Å². The van der Waals surface area contributed by atoms with Gasteiger partial charge in [-0.2, -0.15) is 0 Å². The van der Waals surface area contributed by atoms with E-state index in [2.05, 4.69) is 20.7 Å². The van der Waals surface area contributed by atoms with Gasteiger partial charge in [-0.1, -0.05) is 71.4 Å². The molecule has 1 heterocycles. The Hall–Kier alpha value is -3.75. The first-order chi connectivity index (χ1) is 15.9. The number of hydrogen-bond acceptors (Lipinski definition) is 5. The van der Waals surface area contributed by atoms with Crippen LogP contribution in [-0.4, -0.2) is 49.6 Å². The predicted octanol–water partition coefficient (Wildman–Crippen LogP) is 3.46. The molecule has 0 aliphatic heterocycles. The lowest BCUT2D eigenvalue weighted by Crippen LogP contribution is -2.40. The molecule has 0 radical (unpaired) electrons. The van der Waals surface area contributed by atoms with Crippen molar-refractivity contribution >= 4 is 34.5 Å². The Morgan fingerprint density at radius 3 is 2.39 bits per heavy atom. The van der Waals surface area contributed by atoms with Gasteiger partial charge in [0.05, 0.1) is 16.1 Å². The number of rotatable bonds is 8. The molecule has 8 nitrogen and oxygen atoms in total. The number of aliphatic hydroxyl groups excluding tert-OH is 1. The molecule has 0 spiro atoms. The number of carbonyl (C=O) groups is 2. The summed E-state index contributed by atoms with van der Waals surface area (Å²) < 4.78 is 0. The molecule has 2 atom stereocenters. The lowest BCUT2D eigenvalue weighted by molar-refractivity contribution is -0.147. The molecule has 9 heteroatoms. The Morgan fingerprint density at radius 1 is 1.00 bits per heavy atom. The van der Waals surface area contributed by atoms with Crippen molar-refractivity contribution in [3.8, 4) is 11.1 Å². The van der Waals surface area contributed by atoms with Crippen molar-refractivity contribution in [3.63, 3.8) is 0 Å². The first-order valence-electron chi connectivity index (χ1n) is 10.3. The number of nitrogens with one attached hydrogen (secondary N) is 2. The highest BCUT2D eigenvalue weighted by atomic mass is 35.5. The number of carboxylic acid groups (broad SMARTS) is 1. The van der Waals surface area contributed by atoms with Gasteiger partial charge >= 0.3 is 5.97 Å². The first-order valence-corrected chi connectivity index (χ1v) is 10.7. The maximum absolute atomic E-state index is 12.9. The Morgan fingerprint density at radius 2 is 1.70 bits per heavy atom. The number of halogens is 1. The number of carbonyl (C=O) groups excluding carboxylic acids is 1. The topological polar surface area (TPSA) is 128 Å². The van der Waals surface area contributed by atoms with Crippen LogP contribution in [0.4, 0.5) is 0 Å². The molecule has 168 valence electrons. The summed E-state index contributed by atoms with van der Waals surface area (Å²) in [5.41, 5.74) is 4.14. The minimum atomic E-state index is -1.62. The molecule has 0 saturated carbocycles. The Balaban J connectivity index is 1.53. The molecule has 4 N–H and O–H groups in total. The molecule has 0 bridgehead atoms. The van der Waals surface area contributed by atoms with Crippen molar-refractivity contribution in [2.45, 2.75) is 25.0 Å². The summed E-state index contributed by atoms with van der Waals surface area (Å²) >= 11 is 6.33. The number of aromatic nitrogens is 3. The molecule has 1 unspecified atom stereocenters. The number of aliphatic hydroxyl groups is 1. The standard InChI is InChI=1S/C24H21ClN4O4/c25-21-18(10-11-19-22(21)28-29-27-19)23(31)26-17(13-20(30)24(32)33)12-14-6-8-16(9-7-14)15-4-2-1-3-5-15/h1-11,17,20,30H,12-13H2,(H,26,31)(H,32,33)(H,27,28,29)/t17?,20-/m1/s1. The average Bonchev–Trinajstić information content (AvgIpc) is 3.30. The van der Waals surface area contributed by atoms with Crippen LogP contribution in [0.5, 0.6) is 0 Å². The van der Waals surface area contributed by atoms with Crippen molar-refractivity contribution in [1.29, 1.82) is 0 Å². The van der Waals surface area contributed by atoms with E-state index in [9.17, 15) is 14.7 Å². The van der Waals surface area contributed by atoms with Crippen molar-refractivity contribution < 1.29 is 19.8 Å². The van der Waals surface area contributed by atoms with Gasteiger partial charge in [0.25, 0.3) is 5.91 Å². The van der Waals surface area contributed by atoms with Gasteiger partial charge in [0.15, 0.2) is 6.10 Å². The van der Waals surface area contributed by atoms with Crippen molar-refractivity contribution in [3.05, 3.63) is 82.9 Å². The number of nitrogens with zero attached hydrogens (tertiary/aromatic N) is 2. The summed E-state index contributed by atoms with van der Waals surface area (Å²) in [5.74, 6) is -1.84.